The number of aromatic nitrogens is 2. The van der Waals surface area contributed by atoms with Crippen LogP contribution in [0.15, 0.2) is 30.3 Å². The van der Waals surface area contributed by atoms with E-state index < -0.39 is 11.9 Å². The molecule has 0 saturated carbocycles. The van der Waals surface area contributed by atoms with Gasteiger partial charge in [-0.15, -0.1) is 0 Å². The normalized spacial score (nSPS) is 12.0. The van der Waals surface area contributed by atoms with Gasteiger partial charge in [0, 0.05) is 13.1 Å². The summed E-state index contributed by atoms with van der Waals surface area (Å²) in [5, 5.41) is 16.4. The molecule has 128 valence electrons. The summed E-state index contributed by atoms with van der Waals surface area (Å²) in [6.07, 6.45) is 0.378. The third kappa shape index (κ3) is 4.44. The highest BCUT2D eigenvalue weighted by molar-refractivity contribution is 5.92. The van der Waals surface area contributed by atoms with Crippen LogP contribution in [0.5, 0.6) is 0 Å². The molecule has 6 heteroatoms. The Balaban J connectivity index is 2.03. The lowest BCUT2D eigenvalue weighted by molar-refractivity contribution is -0.141. The van der Waals surface area contributed by atoms with E-state index in [9.17, 15) is 14.7 Å². The number of benzene rings is 1. The highest BCUT2D eigenvalue weighted by Gasteiger charge is 2.21. The minimum absolute atomic E-state index is 0.0794. The number of aryl methyl sites for hydroxylation is 3. The summed E-state index contributed by atoms with van der Waals surface area (Å²) in [6.45, 7) is 6.36. The molecular formula is C18H23N3O3. The van der Waals surface area contributed by atoms with Crippen molar-refractivity contribution >= 4 is 11.9 Å². The lowest BCUT2D eigenvalue weighted by Crippen LogP contribution is -2.35. The number of nitrogens with one attached hydrogen (secondary N) is 1. The van der Waals surface area contributed by atoms with Crippen LogP contribution in [0.2, 0.25) is 0 Å². The summed E-state index contributed by atoms with van der Waals surface area (Å²) in [7, 11) is 0. The Hall–Kier alpha value is -2.63. The van der Waals surface area contributed by atoms with Crippen molar-refractivity contribution in [3.63, 3.8) is 0 Å². The van der Waals surface area contributed by atoms with E-state index >= 15 is 0 Å². The molecule has 0 radical (unpaired) electrons. The number of hydrogen-bond donors (Lipinski definition) is 2. The molecule has 0 aliphatic carbocycles. The van der Waals surface area contributed by atoms with Crippen LogP contribution in [-0.4, -0.2) is 33.3 Å². The zero-order chi connectivity index (χ0) is 17.7. The highest BCUT2D eigenvalue weighted by atomic mass is 16.4. The van der Waals surface area contributed by atoms with Gasteiger partial charge in [0.1, 0.15) is 5.69 Å². The molecule has 1 aromatic heterocycles. The largest absolute Gasteiger partial charge is 0.481 e. The van der Waals surface area contributed by atoms with Crippen molar-refractivity contribution in [2.45, 2.75) is 33.7 Å². The summed E-state index contributed by atoms with van der Waals surface area (Å²) in [6, 6.07) is 9.45. The number of carboxylic acids is 1. The molecule has 6 nitrogen and oxygen atoms in total. The van der Waals surface area contributed by atoms with E-state index in [1.54, 1.807) is 10.7 Å². The maximum Gasteiger partial charge on any atom is 0.308 e. The SMILES string of the molecule is CCn1nc(C)cc1C(=O)NC[C@@H](Cc1cccc(C)c1)C(=O)O. The van der Waals surface area contributed by atoms with E-state index in [-0.39, 0.29) is 12.5 Å². The van der Waals surface area contributed by atoms with Gasteiger partial charge < -0.3 is 10.4 Å². The molecule has 0 unspecified atom stereocenters. The summed E-state index contributed by atoms with van der Waals surface area (Å²) >= 11 is 0. The molecule has 2 N–H and O–H groups in total. The maximum absolute atomic E-state index is 12.3. The molecule has 0 aliphatic rings. The highest BCUT2D eigenvalue weighted by Crippen LogP contribution is 2.11. The van der Waals surface area contributed by atoms with Crippen molar-refractivity contribution in [2.75, 3.05) is 6.54 Å². The predicted molar refractivity (Wildman–Crippen MR) is 91.0 cm³/mol. The number of amides is 1. The minimum atomic E-state index is -0.919. The topological polar surface area (TPSA) is 84.2 Å². The number of aliphatic carboxylic acids is 1. The van der Waals surface area contributed by atoms with Gasteiger partial charge in [0.2, 0.25) is 0 Å². The molecule has 0 aliphatic heterocycles. The molecular weight excluding hydrogens is 306 g/mol. The molecule has 1 amide bonds. The first-order chi connectivity index (χ1) is 11.4. The average Bonchev–Trinajstić information content (AvgIpc) is 2.92. The summed E-state index contributed by atoms with van der Waals surface area (Å²) in [5.41, 5.74) is 3.25. The third-order valence-corrected chi connectivity index (χ3v) is 3.86. The van der Waals surface area contributed by atoms with Gasteiger partial charge in [0.25, 0.3) is 5.91 Å². The van der Waals surface area contributed by atoms with Gasteiger partial charge in [-0.1, -0.05) is 29.8 Å². The van der Waals surface area contributed by atoms with Crippen LogP contribution in [0, 0.1) is 19.8 Å². The smallest absolute Gasteiger partial charge is 0.308 e. The molecule has 1 heterocycles. The van der Waals surface area contributed by atoms with Crippen molar-refractivity contribution in [1.82, 2.24) is 15.1 Å². The molecule has 2 aromatic rings. The third-order valence-electron chi connectivity index (χ3n) is 3.86. The van der Waals surface area contributed by atoms with Crippen LogP contribution < -0.4 is 5.32 Å². The summed E-state index contributed by atoms with van der Waals surface area (Å²) in [4.78, 5) is 23.8. The molecule has 0 spiro atoms. The first-order valence-corrected chi connectivity index (χ1v) is 8.01. The van der Waals surface area contributed by atoms with Gasteiger partial charge in [0.05, 0.1) is 11.6 Å². The maximum atomic E-state index is 12.3. The predicted octanol–water partition coefficient (Wildman–Crippen LogP) is 2.19. The van der Waals surface area contributed by atoms with Gasteiger partial charge in [-0.25, -0.2) is 0 Å². The number of nitrogens with zero attached hydrogens (tertiary/aromatic N) is 2. The average molecular weight is 329 g/mol. The molecule has 0 saturated heterocycles. The fourth-order valence-corrected chi connectivity index (χ4v) is 2.65. The van der Waals surface area contributed by atoms with E-state index in [4.69, 9.17) is 0 Å². The van der Waals surface area contributed by atoms with Gasteiger partial charge >= 0.3 is 5.97 Å². The number of carbonyl (C=O) groups is 2. The van der Waals surface area contributed by atoms with Crippen LogP contribution >= 0.6 is 0 Å². The molecule has 2 rings (SSSR count). The van der Waals surface area contributed by atoms with E-state index in [1.165, 1.54) is 0 Å². The van der Waals surface area contributed by atoms with Crippen LogP contribution in [0.4, 0.5) is 0 Å². The number of hydrogen-bond acceptors (Lipinski definition) is 3. The number of carbonyl (C=O) groups excluding carboxylic acids is 1. The first-order valence-electron chi connectivity index (χ1n) is 8.01. The van der Waals surface area contributed by atoms with E-state index in [2.05, 4.69) is 10.4 Å². The second-order valence-electron chi connectivity index (χ2n) is 5.93. The van der Waals surface area contributed by atoms with Crippen LogP contribution in [0.1, 0.15) is 34.2 Å². The number of carboxylic acid groups (broad SMARTS) is 1. The molecule has 0 bridgehead atoms. The molecule has 0 fully saturated rings. The monoisotopic (exact) mass is 329 g/mol. The van der Waals surface area contributed by atoms with Crippen molar-refractivity contribution in [1.29, 1.82) is 0 Å². The van der Waals surface area contributed by atoms with Crippen LogP contribution in [-0.2, 0) is 17.8 Å². The molecule has 1 atom stereocenters. The Morgan fingerprint density at radius 3 is 2.67 bits per heavy atom. The first kappa shape index (κ1) is 17.7. The Morgan fingerprint density at radius 1 is 1.29 bits per heavy atom. The van der Waals surface area contributed by atoms with E-state index in [0.717, 1.165) is 16.8 Å². The zero-order valence-electron chi connectivity index (χ0n) is 14.2. The van der Waals surface area contributed by atoms with E-state index in [1.807, 2.05) is 45.0 Å². The minimum Gasteiger partial charge on any atom is -0.481 e. The summed E-state index contributed by atoms with van der Waals surface area (Å²) in [5.74, 6) is -1.89. The molecule has 24 heavy (non-hydrogen) atoms. The van der Waals surface area contributed by atoms with Gasteiger partial charge in [-0.2, -0.15) is 5.10 Å². The fourth-order valence-electron chi connectivity index (χ4n) is 2.65. The zero-order valence-corrected chi connectivity index (χ0v) is 14.2. The second kappa shape index (κ2) is 7.77. The lowest BCUT2D eigenvalue weighted by Gasteiger charge is -2.14. The quantitative estimate of drug-likeness (QED) is 0.815. The van der Waals surface area contributed by atoms with E-state index in [0.29, 0.717) is 18.7 Å². The lowest BCUT2D eigenvalue weighted by atomic mass is 9.98. The van der Waals surface area contributed by atoms with Crippen LogP contribution in [0.25, 0.3) is 0 Å². The van der Waals surface area contributed by atoms with Gasteiger partial charge in [-0.3, -0.25) is 14.3 Å². The Morgan fingerprint density at radius 2 is 2.04 bits per heavy atom. The second-order valence-corrected chi connectivity index (χ2v) is 5.93. The fraction of sp³-hybridized carbons (Fsp3) is 0.389. The van der Waals surface area contributed by atoms with Crippen molar-refractivity contribution in [3.05, 3.63) is 52.8 Å². The molecule has 1 aromatic carbocycles. The Bertz CT molecular complexity index is 737. The Labute approximate surface area is 141 Å². The van der Waals surface area contributed by atoms with Gasteiger partial charge in [-0.05, 0) is 38.8 Å². The van der Waals surface area contributed by atoms with Gasteiger partial charge in [0.15, 0.2) is 0 Å². The van der Waals surface area contributed by atoms with Crippen molar-refractivity contribution < 1.29 is 14.7 Å². The standard InChI is InChI=1S/C18H23N3O3/c1-4-21-16(9-13(3)20-21)17(22)19-11-15(18(23)24)10-14-7-5-6-12(2)8-14/h5-9,15H,4,10-11H2,1-3H3,(H,19,22)(H,23,24)/t15-/m1/s1. The Kier molecular flexibility index (Phi) is 5.73. The van der Waals surface area contributed by atoms with Crippen LogP contribution in [0.3, 0.4) is 0 Å². The number of rotatable bonds is 7. The van der Waals surface area contributed by atoms with Crippen molar-refractivity contribution in [3.8, 4) is 0 Å². The van der Waals surface area contributed by atoms with Crippen molar-refractivity contribution in [2.24, 2.45) is 5.92 Å². The summed E-state index contributed by atoms with van der Waals surface area (Å²) < 4.78 is 1.61.